The first kappa shape index (κ1) is 14.6. The van der Waals surface area contributed by atoms with Gasteiger partial charge in [-0.1, -0.05) is 17.7 Å². The minimum absolute atomic E-state index is 0.255. The first-order valence-electron chi connectivity index (χ1n) is 5.66. The maximum absolute atomic E-state index is 12.1. The number of nitrogens with one attached hydrogen (secondary N) is 3. The highest BCUT2D eigenvalue weighted by Crippen LogP contribution is 2.21. The number of aryl methyl sites for hydroxylation is 1. The van der Waals surface area contributed by atoms with Crippen molar-refractivity contribution < 1.29 is 18.0 Å². The summed E-state index contributed by atoms with van der Waals surface area (Å²) in [4.78, 5) is 22.5. The Morgan fingerprint density at radius 1 is 1.35 bits per heavy atom. The van der Waals surface area contributed by atoms with E-state index in [2.05, 4.69) is 10.0 Å². The van der Waals surface area contributed by atoms with Gasteiger partial charge in [0, 0.05) is 17.3 Å². The van der Waals surface area contributed by atoms with Crippen LogP contribution in [0.3, 0.4) is 0 Å². The molecule has 0 saturated carbocycles. The normalized spacial score (nSPS) is 19.2. The number of imide groups is 1. The lowest BCUT2D eigenvalue weighted by Crippen LogP contribution is -2.58. The smallest absolute Gasteiger partial charge is 0.321 e. The summed E-state index contributed by atoms with van der Waals surface area (Å²) in [5.74, 6) is -0.862. The summed E-state index contributed by atoms with van der Waals surface area (Å²) in [6, 6.07) is 3.94. The second kappa shape index (κ2) is 5.29. The maximum Gasteiger partial charge on any atom is 0.321 e. The third-order valence-corrected chi connectivity index (χ3v) is 4.84. The highest BCUT2D eigenvalue weighted by atomic mass is 35.5. The predicted octanol–water partition coefficient (Wildman–Crippen LogP) is 0.598. The first-order chi connectivity index (χ1) is 9.29. The molecule has 1 saturated heterocycles. The van der Waals surface area contributed by atoms with Crippen LogP contribution in [-0.2, 0) is 14.8 Å². The lowest BCUT2D eigenvalue weighted by Gasteiger charge is -2.22. The third kappa shape index (κ3) is 3.02. The van der Waals surface area contributed by atoms with Gasteiger partial charge in [-0.05, 0) is 24.6 Å². The molecule has 1 aliphatic heterocycles. The maximum atomic E-state index is 12.1. The molecule has 1 aromatic carbocycles. The van der Waals surface area contributed by atoms with E-state index in [-0.39, 0.29) is 12.2 Å². The minimum Gasteiger partial charge on any atom is -0.336 e. The van der Waals surface area contributed by atoms with E-state index in [1.54, 1.807) is 13.0 Å². The van der Waals surface area contributed by atoms with Crippen LogP contribution in [0.4, 0.5) is 10.5 Å². The minimum atomic E-state index is -3.97. The molecule has 1 aliphatic rings. The van der Waals surface area contributed by atoms with Crippen molar-refractivity contribution in [1.29, 1.82) is 0 Å². The number of sulfonamides is 1. The van der Waals surface area contributed by atoms with E-state index in [0.29, 0.717) is 5.02 Å². The molecule has 3 amide bonds. The Hall–Kier alpha value is -1.80. The largest absolute Gasteiger partial charge is 0.336 e. The van der Waals surface area contributed by atoms with Crippen molar-refractivity contribution in [2.75, 3.05) is 11.3 Å². The Bertz CT molecular complexity index is 674. The number of hydrogen-bond donors (Lipinski definition) is 3. The number of anilines is 1. The summed E-state index contributed by atoms with van der Waals surface area (Å²) in [6.07, 6.45) is 0. The summed E-state index contributed by atoms with van der Waals surface area (Å²) >= 11 is 5.91. The van der Waals surface area contributed by atoms with Gasteiger partial charge in [0.1, 0.15) is 0 Å². The van der Waals surface area contributed by atoms with Crippen molar-refractivity contribution in [3.8, 4) is 0 Å². The zero-order chi connectivity index (χ0) is 14.9. The van der Waals surface area contributed by atoms with Crippen molar-refractivity contribution >= 4 is 39.2 Å². The second-order valence-corrected chi connectivity index (χ2v) is 6.57. The van der Waals surface area contributed by atoms with E-state index in [0.717, 1.165) is 5.56 Å². The number of hydrogen-bond acceptors (Lipinski definition) is 4. The van der Waals surface area contributed by atoms with Gasteiger partial charge in [0.2, 0.25) is 15.9 Å². The van der Waals surface area contributed by atoms with Crippen LogP contribution >= 0.6 is 11.6 Å². The van der Waals surface area contributed by atoms with Crippen molar-refractivity contribution in [3.63, 3.8) is 0 Å². The van der Waals surface area contributed by atoms with Crippen LogP contribution in [0.2, 0.25) is 5.02 Å². The molecule has 0 bridgehead atoms. The molecule has 20 heavy (non-hydrogen) atoms. The van der Waals surface area contributed by atoms with Crippen LogP contribution in [0.15, 0.2) is 18.2 Å². The average Bonchev–Trinajstić information content (AvgIpc) is 2.33. The molecule has 3 N–H and O–H groups in total. The zero-order valence-electron chi connectivity index (χ0n) is 10.4. The van der Waals surface area contributed by atoms with Crippen LogP contribution in [0.5, 0.6) is 0 Å². The van der Waals surface area contributed by atoms with Gasteiger partial charge in [0.05, 0.1) is 0 Å². The van der Waals surface area contributed by atoms with Crippen LogP contribution in [-0.4, -0.2) is 32.2 Å². The van der Waals surface area contributed by atoms with Crippen molar-refractivity contribution in [2.24, 2.45) is 0 Å². The fourth-order valence-corrected chi connectivity index (χ4v) is 3.08. The Morgan fingerprint density at radius 3 is 2.65 bits per heavy atom. The molecular formula is C11H12ClN3O4S. The van der Waals surface area contributed by atoms with Crippen molar-refractivity contribution in [3.05, 3.63) is 28.8 Å². The Balaban J connectivity index is 2.20. The summed E-state index contributed by atoms with van der Waals surface area (Å²) in [5, 5.41) is 3.19. The average molecular weight is 318 g/mol. The second-order valence-electron chi connectivity index (χ2n) is 4.30. The molecule has 108 valence electrons. The summed E-state index contributed by atoms with van der Waals surface area (Å²) in [5.41, 5.74) is 1.06. The van der Waals surface area contributed by atoms with E-state index in [1.807, 2.05) is 5.32 Å². The summed E-state index contributed by atoms with van der Waals surface area (Å²) < 4.78 is 26.5. The summed E-state index contributed by atoms with van der Waals surface area (Å²) in [7, 11) is -3.97. The molecule has 7 nitrogen and oxygen atoms in total. The van der Waals surface area contributed by atoms with Gasteiger partial charge in [0.15, 0.2) is 5.25 Å². The number of benzene rings is 1. The van der Waals surface area contributed by atoms with Crippen LogP contribution in [0.1, 0.15) is 5.56 Å². The SMILES string of the molecule is Cc1ccc(NS(=O)(=O)C2CNC(=O)NC2=O)cc1Cl. The van der Waals surface area contributed by atoms with Gasteiger partial charge in [-0.15, -0.1) is 0 Å². The van der Waals surface area contributed by atoms with E-state index < -0.39 is 27.2 Å². The Kier molecular flexibility index (Phi) is 3.87. The fourth-order valence-electron chi connectivity index (χ4n) is 1.66. The van der Waals surface area contributed by atoms with Gasteiger partial charge < -0.3 is 5.32 Å². The molecule has 1 unspecified atom stereocenters. The van der Waals surface area contributed by atoms with Gasteiger partial charge in [0.25, 0.3) is 0 Å². The van der Waals surface area contributed by atoms with E-state index in [1.165, 1.54) is 12.1 Å². The fraction of sp³-hybridized carbons (Fsp3) is 0.273. The van der Waals surface area contributed by atoms with Gasteiger partial charge >= 0.3 is 6.03 Å². The van der Waals surface area contributed by atoms with Crippen LogP contribution in [0, 0.1) is 6.92 Å². The molecule has 0 radical (unpaired) electrons. The molecular weight excluding hydrogens is 306 g/mol. The quantitative estimate of drug-likeness (QED) is 0.759. The Morgan fingerprint density at radius 2 is 2.05 bits per heavy atom. The predicted molar refractivity (Wildman–Crippen MR) is 74.1 cm³/mol. The van der Waals surface area contributed by atoms with Crippen molar-refractivity contribution in [1.82, 2.24) is 10.6 Å². The van der Waals surface area contributed by atoms with Crippen LogP contribution < -0.4 is 15.4 Å². The topological polar surface area (TPSA) is 104 Å². The third-order valence-electron chi connectivity index (χ3n) is 2.78. The first-order valence-corrected chi connectivity index (χ1v) is 7.58. The monoisotopic (exact) mass is 317 g/mol. The van der Waals surface area contributed by atoms with E-state index in [4.69, 9.17) is 11.6 Å². The molecule has 2 rings (SSSR count). The molecule has 0 spiro atoms. The molecule has 1 heterocycles. The number of halogens is 1. The number of amides is 3. The van der Waals surface area contributed by atoms with E-state index >= 15 is 0 Å². The highest BCUT2D eigenvalue weighted by Gasteiger charge is 2.37. The Labute approximate surface area is 120 Å². The van der Waals surface area contributed by atoms with Crippen molar-refractivity contribution in [2.45, 2.75) is 12.2 Å². The molecule has 9 heteroatoms. The van der Waals surface area contributed by atoms with Gasteiger partial charge in [-0.3, -0.25) is 14.8 Å². The van der Waals surface area contributed by atoms with Crippen LogP contribution in [0.25, 0.3) is 0 Å². The summed E-state index contributed by atoms with van der Waals surface area (Å²) in [6.45, 7) is 1.50. The molecule has 1 aromatic rings. The molecule has 1 fully saturated rings. The molecule has 1 atom stereocenters. The molecule has 0 aliphatic carbocycles. The number of carbonyl (C=O) groups excluding carboxylic acids is 2. The lowest BCUT2D eigenvalue weighted by atomic mass is 10.2. The molecule has 0 aromatic heterocycles. The lowest BCUT2D eigenvalue weighted by molar-refractivity contribution is -0.120. The van der Waals surface area contributed by atoms with Gasteiger partial charge in [-0.25, -0.2) is 13.2 Å². The number of urea groups is 1. The highest BCUT2D eigenvalue weighted by molar-refractivity contribution is 7.94. The number of carbonyl (C=O) groups is 2. The van der Waals surface area contributed by atoms with Gasteiger partial charge in [-0.2, -0.15) is 0 Å². The number of rotatable bonds is 3. The van der Waals surface area contributed by atoms with E-state index in [9.17, 15) is 18.0 Å². The standard InChI is InChI=1S/C11H12ClN3O4S/c1-6-2-3-7(4-8(6)12)15-20(18,19)9-5-13-11(17)14-10(9)16/h2-4,9,15H,5H2,1H3,(H2,13,14,16,17). The zero-order valence-corrected chi connectivity index (χ0v) is 12.0.